The van der Waals surface area contributed by atoms with Crippen LogP contribution in [0.1, 0.15) is 11.3 Å². The predicted octanol–water partition coefficient (Wildman–Crippen LogP) is 4.76. The Labute approximate surface area is 130 Å². The zero-order valence-electron chi connectivity index (χ0n) is 10.3. The number of hydrogen-bond donors (Lipinski definition) is 0. The summed E-state index contributed by atoms with van der Waals surface area (Å²) in [4.78, 5) is 9.04. The van der Waals surface area contributed by atoms with Gasteiger partial charge in [-0.1, -0.05) is 23.4 Å². The van der Waals surface area contributed by atoms with Gasteiger partial charge < -0.3 is 0 Å². The molecular weight excluding hydrogens is 343 g/mol. The molecule has 0 radical (unpaired) electrons. The normalized spacial score (nSPS) is 12.2. The first kappa shape index (κ1) is 14.7. The van der Waals surface area contributed by atoms with Crippen molar-refractivity contribution in [2.75, 3.05) is 0 Å². The summed E-state index contributed by atoms with van der Waals surface area (Å²) in [6.07, 6.45) is 0.120. The molecule has 0 aliphatic carbocycles. The summed E-state index contributed by atoms with van der Waals surface area (Å²) in [5.41, 5.74) is -0.0241. The molecule has 0 N–H and O–H groups in total. The van der Waals surface area contributed by atoms with Crippen molar-refractivity contribution in [1.29, 1.82) is 0 Å². The minimum atomic E-state index is -4.44. The van der Waals surface area contributed by atoms with Crippen molar-refractivity contribution < 1.29 is 13.2 Å². The molecule has 0 unspecified atom stereocenters. The Morgan fingerprint density at radius 1 is 1.38 bits per heavy atom. The minimum absolute atomic E-state index is 0.00385. The molecule has 110 valence electrons. The van der Waals surface area contributed by atoms with E-state index in [-0.39, 0.29) is 5.02 Å². The highest BCUT2D eigenvalue weighted by molar-refractivity contribution is 7.98. The first-order valence-electron chi connectivity index (χ1n) is 5.70. The number of imidazole rings is 1. The molecule has 3 aromatic rings. The molecule has 0 atom stereocenters. The largest absolute Gasteiger partial charge is 0.417 e. The highest BCUT2D eigenvalue weighted by Gasteiger charge is 2.31. The fourth-order valence-electron chi connectivity index (χ4n) is 1.67. The van der Waals surface area contributed by atoms with Crippen molar-refractivity contribution in [3.63, 3.8) is 0 Å². The van der Waals surface area contributed by atoms with Crippen LogP contribution in [-0.2, 0) is 11.9 Å². The predicted molar refractivity (Wildman–Crippen MR) is 76.9 cm³/mol. The second-order valence-electron chi connectivity index (χ2n) is 4.12. The smallest absolute Gasteiger partial charge is 0.297 e. The van der Waals surface area contributed by atoms with Gasteiger partial charge in [-0.05, 0) is 6.07 Å². The Balaban J connectivity index is 1.74. The molecule has 3 nitrogen and oxygen atoms in total. The van der Waals surface area contributed by atoms with Gasteiger partial charge in [-0.25, -0.2) is 9.97 Å². The third-order valence-corrected chi connectivity index (χ3v) is 4.84. The minimum Gasteiger partial charge on any atom is -0.297 e. The second kappa shape index (κ2) is 5.51. The molecule has 0 saturated heterocycles. The van der Waals surface area contributed by atoms with Crippen LogP contribution < -0.4 is 0 Å². The Bertz CT molecular complexity index is 753. The van der Waals surface area contributed by atoms with Gasteiger partial charge >= 0.3 is 6.18 Å². The molecule has 21 heavy (non-hydrogen) atoms. The number of rotatable bonds is 3. The fourth-order valence-corrected chi connectivity index (χ4v) is 3.47. The van der Waals surface area contributed by atoms with Gasteiger partial charge in [0.2, 0.25) is 0 Å². The van der Waals surface area contributed by atoms with Crippen molar-refractivity contribution in [3.05, 3.63) is 46.3 Å². The molecule has 0 aliphatic rings. The highest BCUT2D eigenvalue weighted by atomic mass is 35.5. The van der Waals surface area contributed by atoms with Crippen LogP contribution >= 0.6 is 34.7 Å². The molecule has 0 saturated carbocycles. The number of nitrogens with zero attached hydrogens (tertiary/aromatic N) is 3. The number of fused-ring (bicyclic) bond motifs is 1. The Morgan fingerprint density at radius 3 is 2.86 bits per heavy atom. The molecular formula is C12H7ClF3N3S2. The first-order valence-corrected chi connectivity index (χ1v) is 7.94. The zero-order chi connectivity index (χ0) is 15.0. The van der Waals surface area contributed by atoms with E-state index in [2.05, 4.69) is 9.97 Å². The van der Waals surface area contributed by atoms with Crippen LogP contribution in [0, 0.1) is 0 Å². The lowest BCUT2D eigenvalue weighted by atomic mass is 10.3. The molecule has 0 bridgehead atoms. The molecule has 0 amide bonds. The lowest BCUT2D eigenvalue weighted by molar-refractivity contribution is -0.137. The van der Waals surface area contributed by atoms with E-state index in [1.165, 1.54) is 23.1 Å². The number of halogens is 4. The summed E-state index contributed by atoms with van der Waals surface area (Å²) in [5, 5.41) is 2.28. The van der Waals surface area contributed by atoms with Gasteiger partial charge in [-0.2, -0.15) is 13.2 Å². The molecule has 3 aromatic heterocycles. The van der Waals surface area contributed by atoms with Crippen molar-refractivity contribution in [1.82, 2.24) is 14.4 Å². The molecule has 9 heteroatoms. The third kappa shape index (κ3) is 3.17. The Morgan fingerprint density at radius 2 is 2.19 bits per heavy atom. The van der Waals surface area contributed by atoms with Crippen LogP contribution in [0.2, 0.25) is 5.02 Å². The highest BCUT2D eigenvalue weighted by Crippen LogP contribution is 2.34. The summed E-state index contributed by atoms with van der Waals surface area (Å²) in [7, 11) is 0. The summed E-state index contributed by atoms with van der Waals surface area (Å²) >= 11 is 8.62. The van der Waals surface area contributed by atoms with E-state index in [4.69, 9.17) is 11.6 Å². The fraction of sp³-hybridized carbons (Fsp3) is 0.167. The van der Waals surface area contributed by atoms with Gasteiger partial charge in [-0.15, -0.1) is 11.3 Å². The molecule has 3 heterocycles. The third-order valence-electron chi connectivity index (χ3n) is 2.63. The maximum absolute atomic E-state index is 12.5. The monoisotopic (exact) mass is 349 g/mol. The van der Waals surface area contributed by atoms with Crippen molar-refractivity contribution in [2.45, 2.75) is 17.0 Å². The van der Waals surface area contributed by atoms with E-state index in [1.807, 2.05) is 22.2 Å². The molecule has 0 aliphatic heterocycles. The van der Waals surface area contributed by atoms with Crippen molar-refractivity contribution in [3.8, 4) is 0 Å². The summed E-state index contributed by atoms with van der Waals surface area (Å²) in [6, 6.07) is 0.892. The lowest BCUT2D eigenvalue weighted by Crippen LogP contribution is -2.05. The molecule has 3 rings (SSSR count). The number of thioether (sulfide) groups is 1. The SMILES string of the molecule is FC(F)(F)c1cnc(SCc2cn3ccsc3n2)c(Cl)c1. The maximum atomic E-state index is 12.5. The van der Waals surface area contributed by atoms with E-state index >= 15 is 0 Å². The van der Waals surface area contributed by atoms with Crippen molar-refractivity contribution >= 4 is 39.7 Å². The number of alkyl halides is 3. The molecule has 0 fully saturated rings. The van der Waals surface area contributed by atoms with Crippen LogP contribution in [0.5, 0.6) is 0 Å². The van der Waals surface area contributed by atoms with Crippen LogP contribution in [0.15, 0.2) is 35.1 Å². The number of pyridine rings is 1. The standard InChI is InChI=1S/C12H7ClF3N3S2/c13-9-3-7(12(14,15)16)4-17-10(9)21-6-8-5-19-1-2-20-11(19)18-8/h1-5H,6H2. The average molecular weight is 350 g/mol. The van der Waals surface area contributed by atoms with Crippen LogP contribution in [0.4, 0.5) is 13.2 Å². The van der Waals surface area contributed by atoms with E-state index < -0.39 is 11.7 Å². The van der Waals surface area contributed by atoms with E-state index in [1.54, 1.807) is 0 Å². The van der Waals surface area contributed by atoms with Gasteiger partial charge in [0.15, 0.2) is 4.96 Å². The summed E-state index contributed by atoms with van der Waals surface area (Å²) in [6.45, 7) is 0. The van der Waals surface area contributed by atoms with Crippen LogP contribution in [-0.4, -0.2) is 14.4 Å². The molecule has 0 aromatic carbocycles. The maximum Gasteiger partial charge on any atom is 0.417 e. The van der Waals surface area contributed by atoms with Gasteiger partial charge in [-0.3, -0.25) is 4.40 Å². The summed E-state index contributed by atoms with van der Waals surface area (Å²) < 4.78 is 39.4. The number of hydrogen-bond acceptors (Lipinski definition) is 4. The number of aromatic nitrogens is 3. The Hall–Kier alpha value is -1.25. The lowest BCUT2D eigenvalue weighted by Gasteiger charge is -2.08. The zero-order valence-corrected chi connectivity index (χ0v) is 12.7. The Kier molecular flexibility index (Phi) is 3.85. The topological polar surface area (TPSA) is 30.2 Å². The molecule has 0 spiro atoms. The second-order valence-corrected chi connectivity index (χ2v) is 6.37. The van der Waals surface area contributed by atoms with Gasteiger partial charge in [0.1, 0.15) is 5.03 Å². The van der Waals surface area contributed by atoms with E-state index in [0.29, 0.717) is 10.8 Å². The van der Waals surface area contributed by atoms with E-state index in [0.717, 1.165) is 22.9 Å². The number of thiazole rings is 1. The van der Waals surface area contributed by atoms with Crippen LogP contribution in [0.25, 0.3) is 4.96 Å². The van der Waals surface area contributed by atoms with Gasteiger partial charge in [0, 0.05) is 29.7 Å². The summed E-state index contributed by atoms with van der Waals surface area (Å²) in [5.74, 6) is 0.493. The quantitative estimate of drug-likeness (QED) is 0.639. The van der Waals surface area contributed by atoms with E-state index in [9.17, 15) is 13.2 Å². The van der Waals surface area contributed by atoms with Gasteiger partial charge in [0.05, 0.1) is 16.3 Å². The van der Waals surface area contributed by atoms with Crippen molar-refractivity contribution in [2.24, 2.45) is 0 Å². The average Bonchev–Trinajstić information content (AvgIpc) is 2.96. The van der Waals surface area contributed by atoms with Gasteiger partial charge in [0.25, 0.3) is 0 Å². The van der Waals surface area contributed by atoms with Crippen LogP contribution in [0.3, 0.4) is 0 Å². The first-order chi connectivity index (χ1) is 9.93.